The standard InChI is InChI=1S/C19H21N3O2/c1-14-8-10-15(11-9-14)18-12-17(24-21-18)13-22(2)19(23)20-16-6-4-3-5-7-16/h3-11,17H,12-13H2,1-2H3,(H,20,23)/t17-/m1/s1. The molecule has 1 aliphatic heterocycles. The number of nitrogens with zero attached hydrogens (tertiary/aromatic N) is 2. The van der Waals surface area contributed by atoms with Crippen molar-refractivity contribution < 1.29 is 9.63 Å². The first-order valence-corrected chi connectivity index (χ1v) is 7.99. The van der Waals surface area contributed by atoms with E-state index in [1.54, 1.807) is 11.9 Å². The molecule has 0 aromatic heterocycles. The van der Waals surface area contributed by atoms with Crippen molar-refractivity contribution in [2.45, 2.75) is 19.4 Å². The van der Waals surface area contributed by atoms with Crippen LogP contribution in [0, 0.1) is 6.92 Å². The molecule has 0 unspecified atom stereocenters. The van der Waals surface area contributed by atoms with Gasteiger partial charge < -0.3 is 15.1 Å². The largest absolute Gasteiger partial charge is 0.390 e. The maximum atomic E-state index is 12.2. The first-order chi connectivity index (χ1) is 11.6. The molecule has 1 N–H and O–H groups in total. The van der Waals surface area contributed by atoms with Crippen LogP contribution in [0.3, 0.4) is 0 Å². The van der Waals surface area contributed by atoms with Crippen LogP contribution in [0.4, 0.5) is 10.5 Å². The molecular formula is C19H21N3O2. The average molecular weight is 323 g/mol. The van der Waals surface area contributed by atoms with Crippen molar-refractivity contribution in [3.05, 3.63) is 65.7 Å². The Balaban J connectivity index is 1.52. The van der Waals surface area contributed by atoms with Crippen molar-refractivity contribution in [1.82, 2.24) is 4.90 Å². The molecule has 2 aromatic rings. The van der Waals surface area contributed by atoms with Crippen LogP contribution in [0.15, 0.2) is 59.8 Å². The number of hydrogen-bond donors (Lipinski definition) is 1. The van der Waals surface area contributed by atoms with Gasteiger partial charge >= 0.3 is 6.03 Å². The monoisotopic (exact) mass is 323 g/mol. The van der Waals surface area contributed by atoms with Crippen molar-refractivity contribution >= 4 is 17.4 Å². The van der Waals surface area contributed by atoms with Gasteiger partial charge in [-0.2, -0.15) is 0 Å². The Kier molecular flexibility index (Phi) is 4.79. The van der Waals surface area contributed by atoms with E-state index >= 15 is 0 Å². The summed E-state index contributed by atoms with van der Waals surface area (Å²) in [5, 5.41) is 7.03. The van der Waals surface area contributed by atoms with E-state index in [1.165, 1.54) is 5.56 Å². The van der Waals surface area contributed by atoms with E-state index in [1.807, 2.05) is 42.5 Å². The van der Waals surface area contributed by atoms with Gasteiger partial charge in [-0.25, -0.2) is 4.79 Å². The summed E-state index contributed by atoms with van der Waals surface area (Å²) in [5.74, 6) is 0. The van der Waals surface area contributed by atoms with Gasteiger partial charge in [-0.1, -0.05) is 53.2 Å². The molecule has 1 aliphatic rings. The molecule has 3 rings (SSSR count). The number of carbonyl (C=O) groups excluding carboxylic acids is 1. The smallest absolute Gasteiger partial charge is 0.321 e. The third kappa shape index (κ3) is 3.93. The summed E-state index contributed by atoms with van der Waals surface area (Å²) in [5.41, 5.74) is 3.99. The lowest BCUT2D eigenvalue weighted by Crippen LogP contribution is -2.37. The van der Waals surface area contributed by atoms with Crippen LogP contribution >= 0.6 is 0 Å². The predicted molar refractivity (Wildman–Crippen MR) is 95.3 cm³/mol. The van der Waals surface area contributed by atoms with E-state index in [0.29, 0.717) is 13.0 Å². The lowest BCUT2D eigenvalue weighted by molar-refractivity contribution is 0.0672. The van der Waals surface area contributed by atoms with Crippen molar-refractivity contribution in [3.63, 3.8) is 0 Å². The van der Waals surface area contributed by atoms with Crippen LogP contribution < -0.4 is 5.32 Å². The number of nitrogens with one attached hydrogen (secondary N) is 1. The Labute approximate surface area is 141 Å². The summed E-state index contributed by atoms with van der Waals surface area (Å²) in [6, 6.07) is 17.5. The molecule has 0 saturated heterocycles. The highest BCUT2D eigenvalue weighted by atomic mass is 16.6. The number of anilines is 1. The second kappa shape index (κ2) is 7.17. The Bertz CT molecular complexity index is 726. The number of benzene rings is 2. The lowest BCUT2D eigenvalue weighted by atomic mass is 10.0. The van der Waals surface area contributed by atoms with E-state index < -0.39 is 0 Å². The zero-order valence-corrected chi connectivity index (χ0v) is 13.9. The average Bonchev–Trinajstić information content (AvgIpc) is 3.05. The number of oxime groups is 1. The van der Waals surface area contributed by atoms with E-state index in [9.17, 15) is 4.79 Å². The molecule has 2 amide bonds. The quantitative estimate of drug-likeness (QED) is 0.933. The molecule has 0 radical (unpaired) electrons. The molecule has 24 heavy (non-hydrogen) atoms. The van der Waals surface area contributed by atoms with E-state index in [2.05, 4.69) is 29.5 Å². The van der Waals surface area contributed by atoms with Gasteiger partial charge in [0.05, 0.1) is 12.3 Å². The molecule has 0 aliphatic carbocycles. The van der Waals surface area contributed by atoms with Gasteiger partial charge in [0.15, 0.2) is 6.10 Å². The molecule has 0 bridgehead atoms. The van der Waals surface area contributed by atoms with Gasteiger partial charge in [0, 0.05) is 19.2 Å². The number of para-hydroxylation sites is 1. The lowest BCUT2D eigenvalue weighted by Gasteiger charge is -2.20. The number of aryl methyl sites for hydroxylation is 1. The third-order valence-corrected chi connectivity index (χ3v) is 3.97. The number of likely N-dealkylation sites (N-methyl/N-ethyl adjacent to an activating group) is 1. The SMILES string of the molecule is Cc1ccc(C2=NO[C@@H](CN(C)C(=O)Nc3ccccc3)C2)cc1. The minimum Gasteiger partial charge on any atom is -0.390 e. The number of urea groups is 1. The Morgan fingerprint density at radius 1 is 1.21 bits per heavy atom. The predicted octanol–water partition coefficient (Wildman–Crippen LogP) is 3.65. The number of hydrogen-bond acceptors (Lipinski definition) is 3. The second-order valence-electron chi connectivity index (χ2n) is 6.01. The van der Waals surface area contributed by atoms with Gasteiger partial charge in [-0.15, -0.1) is 0 Å². The fourth-order valence-corrected chi connectivity index (χ4v) is 2.57. The topological polar surface area (TPSA) is 53.9 Å². The number of amides is 2. The van der Waals surface area contributed by atoms with Crippen molar-refractivity contribution in [2.24, 2.45) is 5.16 Å². The highest BCUT2D eigenvalue weighted by molar-refractivity contribution is 6.01. The molecule has 5 nitrogen and oxygen atoms in total. The molecular weight excluding hydrogens is 302 g/mol. The number of carbonyl (C=O) groups is 1. The minimum atomic E-state index is -0.159. The molecule has 0 saturated carbocycles. The molecule has 1 heterocycles. The Morgan fingerprint density at radius 2 is 1.92 bits per heavy atom. The molecule has 124 valence electrons. The van der Waals surface area contributed by atoms with Gasteiger partial charge in [0.2, 0.25) is 0 Å². The number of rotatable bonds is 4. The van der Waals surface area contributed by atoms with Gasteiger partial charge in [-0.05, 0) is 24.6 Å². The fraction of sp³-hybridized carbons (Fsp3) is 0.263. The third-order valence-electron chi connectivity index (χ3n) is 3.97. The summed E-state index contributed by atoms with van der Waals surface area (Å²) in [4.78, 5) is 19.3. The first kappa shape index (κ1) is 16.1. The van der Waals surface area contributed by atoms with Crippen molar-refractivity contribution in [2.75, 3.05) is 18.9 Å². The molecule has 1 atom stereocenters. The summed E-state index contributed by atoms with van der Waals surface area (Å²) in [7, 11) is 1.76. The van der Waals surface area contributed by atoms with Crippen LogP contribution in [0.1, 0.15) is 17.5 Å². The molecule has 0 spiro atoms. The first-order valence-electron chi connectivity index (χ1n) is 7.99. The van der Waals surface area contributed by atoms with Crippen LogP contribution in [0.5, 0.6) is 0 Å². The Hall–Kier alpha value is -2.82. The molecule has 0 fully saturated rings. The summed E-state index contributed by atoms with van der Waals surface area (Å²) < 4.78 is 0. The fourth-order valence-electron chi connectivity index (χ4n) is 2.57. The summed E-state index contributed by atoms with van der Waals surface area (Å²) in [6.07, 6.45) is 0.583. The maximum absolute atomic E-state index is 12.2. The second-order valence-corrected chi connectivity index (χ2v) is 6.01. The van der Waals surface area contributed by atoms with Gasteiger partial charge in [-0.3, -0.25) is 0 Å². The van der Waals surface area contributed by atoms with Crippen LogP contribution in [0.25, 0.3) is 0 Å². The van der Waals surface area contributed by atoms with E-state index in [0.717, 1.165) is 17.0 Å². The highest BCUT2D eigenvalue weighted by Gasteiger charge is 2.25. The summed E-state index contributed by atoms with van der Waals surface area (Å²) in [6.45, 7) is 2.54. The maximum Gasteiger partial charge on any atom is 0.321 e. The van der Waals surface area contributed by atoms with Crippen LogP contribution in [-0.4, -0.2) is 36.3 Å². The van der Waals surface area contributed by atoms with Gasteiger partial charge in [0.25, 0.3) is 0 Å². The molecule has 5 heteroatoms. The van der Waals surface area contributed by atoms with E-state index in [4.69, 9.17) is 4.84 Å². The van der Waals surface area contributed by atoms with Crippen molar-refractivity contribution in [1.29, 1.82) is 0 Å². The minimum absolute atomic E-state index is 0.118. The zero-order chi connectivity index (χ0) is 16.9. The van der Waals surface area contributed by atoms with Crippen LogP contribution in [0.2, 0.25) is 0 Å². The Morgan fingerprint density at radius 3 is 2.62 bits per heavy atom. The molecule has 2 aromatic carbocycles. The normalized spacial score (nSPS) is 16.2. The summed E-state index contributed by atoms with van der Waals surface area (Å²) >= 11 is 0. The van der Waals surface area contributed by atoms with Gasteiger partial charge in [0.1, 0.15) is 0 Å². The zero-order valence-electron chi connectivity index (χ0n) is 13.9. The van der Waals surface area contributed by atoms with Crippen molar-refractivity contribution in [3.8, 4) is 0 Å². The van der Waals surface area contributed by atoms with Crippen LogP contribution in [-0.2, 0) is 4.84 Å². The van der Waals surface area contributed by atoms with E-state index in [-0.39, 0.29) is 12.1 Å². The highest BCUT2D eigenvalue weighted by Crippen LogP contribution is 2.18.